The molecule has 0 aliphatic carbocycles. The SMILES string of the molecule is O=P(O)(O)C(F)(F)c1ccc(CSC(Cc2ccccc2)c2ccccc2)cc1Br. The van der Waals surface area contributed by atoms with Gasteiger partial charge in [-0.2, -0.15) is 8.78 Å². The summed E-state index contributed by atoms with van der Waals surface area (Å²) in [4.78, 5) is 17.9. The van der Waals surface area contributed by atoms with E-state index in [9.17, 15) is 13.3 Å². The Bertz CT molecular complexity index is 1030. The summed E-state index contributed by atoms with van der Waals surface area (Å²) in [6.45, 7) is 0. The van der Waals surface area contributed by atoms with E-state index < -0.39 is 18.8 Å². The van der Waals surface area contributed by atoms with Crippen molar-refractivity contribution >= 4 is 35.3 Å². The second-order valence-corrected chi connectivity index (χ2v) is 10.5. The van der Waals surface area contributed by atoms with Crippen molar-refractivity contribution in [2.45, 2.75) is 23.1 Å². The van der Waals surface area contributed by atoms with Gasteiger partial charge in [0.05, 0.1) is 0 Å². The fraction of sp³-hybridized carbons (Fsp3) is 0.182. The third-order valence-corrected chi connectivity index (χ3v) is 7.58. The number of alkyl halides is 2. The maximum Gasteiger partial charge on any atom is 0.399 e. The highest BCUT2D eigenvalue weighted by Crippen LogP contribution is 2.60. The maximum absolute atomic E-state index is 14.0. The predicted molar refractivity (Wildman–Crippen MR) is 121 cm³/mol. The fourth-order valence-corrected chi connectivity index (χ4v) is 5.59. The van der Waals surface area contributed by atoms with E-state index in [0.29, 0.717) is 5.75 Å². The van der Waals surface area contributed by atoms with Gasteiger partial charge < -0.3 is 9.79 Å². The lowest BCUT2D eigenvalue weighted by atomic mass is 10.0. The molecule has 0 amide bonds. The molecule has 1 atom stereocenters. The molecule has 0 heterocycles. The quantitative estimate of drug-likeness (QED) is 0.322. The number of rotatable bonds is 8. The van der Waals surface area contributed by atoms with Gasteiger partial charge >= 0.3 is 13.3 Å². The fourth-order valence-electron chi connectivity index (χ4n) is 3.01. The molecular formula is C22H20BrF2O3PS. The van der Waals surface area contributed by atoms with E-state index >= 15 is 0 Å². The second kappa shape index (κ2) is 9.75. The zero-order chi connectivity index (χ0) is 21.8. The lowest BCUT2D eigenvalue weighted by molar-refractivity contribution is 0.0557. The van der Waals surface area contributed by atoms with Crippen molar-refractivity contribution in [2.75, 3.05) is 0 Å². The third kappa shape index (κ3) is 5.59. The van der Waals surface area contributed by atoms with Crippen LogP contribution in [0, 0.1) is 0 Å². The normalized spacial score (nSPS) is 13.2. The highest BCUT2D eigenvalue weighted by atomic mass is 79.9. The van der Waals surface area contributed by atoms with Gasteiger partial charge in [-0.15, -0.1) is 11.8 Å². The smallest absolute Gasteiger partial charge is 0.320 e. The number of halogens is 3. The van der Waals surface area contributed by atoms with Crippen LogP contribution < -0.4 is 0 Å². The highest BCUT2D eigenvalue weighted by Gasteiger charge is 2.51. The summed E-state index contributed by atoms with van der Waals surface area (Å²) in [6.07, 6.45) is 0.824. The van der Waals surface area contributed by atoms with Crippen molar-refractivity contribution in [1.82, 2.24) is 0 Å². The molecular weight excluding hydrogens is 493 g/mol. The average molecular weight is 513 g/mol. The summed E-state index contributed by atoms with van der Waals surface area (Å²) in [5.74, 6) is 0.562. The van der Waals surface area contributed by atoms with Crippen LogP contribution in [0.5, 0.6) is 0 Å². The molecule has 0 aromatic heterocycles. The Kier molecular flexibility index (Phi) is 7.53. The maximum atomic E-state index is 14.0. The minimum Gasteiger partial charge on any atom is -0.320 e. The van der Waals surface area contributed by atoms with E-state index in [1.807, 2.05) is 36.4 Å². The van der Waals surface area contributed by atoms with Gasteiger partial charge in [0, 0.05) is 21.0 Å². The first kappa shape index (κ1) is 23.2. The molecule has 1 unspecified atom stereocenters. The zero-order valence-corrected chi connectivity index (χ0v) is 19.1. The summed E-state index contributed by atoms with van der Waals surface area (Å²) in [5.41, 5.74) is -1.79. The molecule has 8 heteroatoms. The molecule has 0 saturated carbocycles. The van der Waals surface area contributed by atoms with Crippen LogP contribution >= 0.6 is 35.3 Å². The molecule has 3 aromatic rings. The zero-order valence-electron chi connectivity index (χ0n) is 15.8. The van der Waals surface area contributed by atoms with Crippen molar-refractivity contribution < 1.29 is 23.1 Å². The minimum atomic E-state index is -5.61. The van der Waals surface area contributed by atoms with Gasteiger partial charge in [0.25, 0.3) is 0 Å². The molecule has 3 nitrogen and oxygen atoms in total. The van der Waals surface area contributed by atoms with Crippen molar-refractivity contribution in [3.63, 3.8) is 0 Å². The van der Waals surface area contributed by atoms with Crippen molar-refractivity contribution in [3.8, 4) is 0 Å². The van der Waals surface area contributed by atoms with Crippen LogP contribution in [-0.2, 0) is 22.4 Å². The largest absolute Gasteiger partial charge is 0.399 e. The molecule has 3 aromatic carbocycles. The van der Waals surface area contributed by atoms with Gasteiger partial charge in [-0.1, -0.05) is 88.7 Å². The Morgan fingerprint density at radius 3 is 2.10 bits per heavy atom. The van der Waals surface area contributed by atoms with Gasteiger partial charge in [0.1, 0.15) is 0 Å². The lowest BCUT2D eigenvalue weighted by Crippen LogP contribution is -2.14. The van der Waals surface area contributed by atoms with E-state index in [2.05, 4.69) is 40.2 Å². The number of hydrogen-bond donors (Lipinski definition) is 2. The Morgan fingerprint density at radius 2 is 1.53 bits per heavy atom. The first-order valence-electron chi connectivity index (χ1n) is 9.11. The van der Waals surface area contributed by atoms with Crippen molar-refractivity contribution in [2.24, 2.45) is 0 Å². The summed E-state index contributed by atoms with van der Waals surface area (Å²) < 4.78 is 39.2. The molecule has 158 valence electrons. The van der Waals surface area contributed by atoms with Crippen LogP contribution in [0.15, 0.2) is 83.3 Å². The van der Waals surface area contributed by atoms with Crippen molar-refractivity contribution in [3.05, 3.63) is 106 Å². The Morgan fingerprint density at radius 1 is 0.933 bits per heavy atom. The van der Waals surface area contributed by atoms with Crippen molar-refractivity contribution in [1.29, 1.82) is 0 Å². The van der Waals surface area contributed by atoms with Gasteiger partial charge in [0.2, 0.25) is 0 Å². The number of thioether (sulfide) groups is 1. The lowest BCUT2D eigenvalue weighted by Gasteiger charge is -2.20. The molecule has 0 spiro atoms. The van der Waals surface area contributed by atoms with Crippen LogP contribution in [0.2, 0.25) is 0 Å². The van der Waals surface area contributed by atoms with Crippen LogP contribution in [0.1, 0.15) is 27.5 Å². The van der Waals surface area contributed by atoms with Gasteiger partial charge in [-0.05, 0) is 29.2 Å². The number of benzene rings is 3. The molecule has 3 rings (SSSR count). The first-order chi connectivity index (χ1) is 14.2. The third-order valence-electron chi connectivity index (χ3n) is 4.61. The Labute approximate surface area is 186 Å². The monoisotopic (exact) mass is 512 g/mol. The molecule has 0 radical (unpaired) electrons. The molecule has 0 aliphatic heterocycles. The van der Waals surface area contributed by atoms with Crippen LogP contribution in [0.25, 0.3) is 0 Å². The predicted octanol–water partition coefficient (Wildman–Crippen LogP) is 6.89. The van der Waals surface area contributed by atoms with E-state index in [-0.39, 0.29) is 9.72 Å². The van der Waals surface area contributed by atoms with Gasteiger partial charge in [-0.3, -0.25) is 4.57 Å². The van der Waals surface area contributed by atoms with Gasteiger partial charge in [-0.25, -0.2) is 0 Å². The van der Waals surface area contributed by atoms with Crippen LogP contribution in [-0.4, -0.2) is 9.79 Å². The summed E-state index contributed by atoms with van der Waals surface area (Å²) in [5, 5.41) is 0.170. The molecule has 0 aliphatic rings. The highest BCUT2D eigenvalue weighted by molar-refractivity contribution is 9.10. The second-order valence-electron chi connectivity index (χ2n) is 6.80. The van der Waals surface area contributed by atoms with E-state index in [4.69, 9.17) is 9.79 Å². The first-order valence-corrected chi connectivity index (χ1v) is 12.6. The van der Waals surface area contributed by atoms with Gasteiger partial charge in [0.15, 0.2) is 0 Å². The van der Waals surface area contributed by atoms with Crippen LogP contribution in [0.4, 0.5) is 8.78 Å². The molecule has 0 fully saturated rings. The Balaban J connectivity index is 1.79. The standard InChI is InChI=1S/C22H20BrF2O3PS/c23-20-13-17(11-12-19(20)22(24,25)29(26,27)28)15-30-21(18-9-5-2-6-10-18)14-16-7-3-1-4-8-16/h1-13,21H,14-15H2,(H2,26,27,28). The van der Waals surface area contributed by atoms with Crippen LogP contribution in [0.3, 0.4) is 0 Å². The molecule has 0 bridgehead atoms. The van der Waals surface area contributed by atoms with E-state index in [0.717, 1.165) is 18.1 Å². The summed E-state index contributed by atoms with van der Waals surface area (Å²) in [6, 6.07) is 24.3. The minimum absolute atomic E-state index is 0.0201. The average Bonchev–Trinajstić information content (AvgIpc) is 2.71. The molecule has 30 heavy (non-hydrogen) atoms. The topological polar surface area (TPSA) is 57.5 Å². The summed E-state index contributed by atoms with van der Waals surface area (Å²) >= 11 is 4.74. The van der Waals surface area contributed by atoms with E-state index in [1.165, 1.54) is 23.3 Å². The number of hydrogen-bond acceptors (Lipinski definition) is 2. The Hall–Kier alpha value is -1.50. The summed E-state index contributed by atoms with van der Waals surface area (Å²) in [7, 11) is -5.61. The molecule has 0 saturated heterocycles. The van der Waals surface area contributed by atoms with E-state index in [1.54, 1.807) is 11.8 Å². The molecule has 2 N–H and O–H groups in total.